The number of hydrogen-bond acceptors (Lipinski definition) is 1. The summed E-state index contributed by atoms with van der Waals surface area (Å²) in [5, 5.41) is 0. The molecule has 1 unspecified atom stereocenters. The minimum atomic E-state index is -4.66. The zero-order valence-electron chi connectivity index (χ0n) is 7.86. The molecule has 1 atom stereocenters. The van der Waals surface area contributed by atoms with E-state index in [1.54, 1.807) is 6.92 Å². The SMILES string of the molecule is CC1(c2ccc(F)c(C(F)(F)F)c2)CO1. The first kappa shape index (κ1) is 10.4. The highest BCUT2D eigenvalue weighted by atomic mass is 19.4. The maximum absolute atomic E-state index is 12.9. The van der Waals surface area contributed by atoms with E-state index in [9.17, 15) is 17.6 Å². The van der Waals surface area contributed by atoms with Gasteiger partial charge in [0, 0.05) is 0 Å². The number of ether oxygens (including phenoxy) is 1. The lowest BCUT2D eigenvalue weighted by Crippen LogP contribution is -2.11. The predicted molar refractivity (Wildman–Crippen MR) is 44.7 cm³/mol. The second-order valence-electron chi connectivity index (χ2n) is 3.71. The first-order chi connectivity index (χ1) is 6.83. The van der Waals surface area contributed by atoms with Gasteiger partial charge in [0.15, 0.2) is 0 Å². The zero-order valence-corrected chi connectivity index (χ0v) is 7.86. The molecule has 15 heavy (non-hydrogen) atoms. The van der Waals surface area contributed by atoms with Gasteiger partial charge >= 0.3 is 6.18 Å². The molecule has 1 aliphatic heterocycles. The first-order valence-electron chi connectivity index (χ1n) is 4.34. The van der Waals surface area contributed by atoms with Gasteiger partial charge in [0.05, 0.1) is 12.2 Å². The molecule has 0 N–H and O–H groups in total. The molecule has 0 radical (unpaired) electrons. The van der Waals surface area contributed by atoms with Crippen LogP contribution in [0.25, 0.3) is 0 Å². The summed E-state index contributed by atoms with van der Waals surface area (Å²) in [4.78, 5) is 0. The molecule has 0 bridgehead atoms. The molecule has 0 aromatic heterocycles. The van der Waals surface area contributed by atoms with Crippen molar-refractivity contribution in [2.75, 3.05) is 6.61 Å². The van der Waals surface area contributed by atoms with E-state index in [0.29, 0.717) is 12.2 Å². The standard InChI is InChI=1S/C10H8F4O/c1-9(5-15-9)6-2-3-8(11)7(4-6)10(12,13)14/h2-4H,5H2,1H3. The number of halogens is 4. The van der Waals surface area contributed by atoms with E-state index in [0.717, 1.165) is 12.1 Å². The smallest absolute Gasteiger partial charge is 0.365 e. The van der Waals surface area contributed by atoms with E-state index in [-0.39, 0.29) is 0 Å². The number of epoxide rings is 1. The third-order valence-electron chi connectivity index (χ3n) is 2.46. The molecule has 1 aromatic carbocycles. The molecule has 5 heteroatoms. The van der Waals surface area contributed by atoms with Gasteiger partial charge in [-0.2, -0.15) is 13.2 Å². The van der Waals surface area contributed by atoms with Crippen molar-refractivity contribution in [1.29, 1.82) is 0 Å². The van der Waals surface area contributed by atoms with Gasteiger partial charge in [-0.3, -0.25) is 0 Å². The lowest BCUT2D eigenvalue weighted by Gasteiger charge is -2.11. The quantitative estimate of drug-likeness (QED) is 0.523. The Labute approximate surface area is 83.7 Å². The number of benzene rings is 1. The van der Waals surface area contributed by atoms with Crippen LogP contribution in [-0.2, 0) is 16.5 Å². The molecular formula is C10H8F4O. The largest absolute Gasteiger partial charge is 0.419 e. The summed E-state index contributed by atoms with van der Waals surface area (Å²) in [5.74, 6) is -1.25. The molecule has 0 saturated carbocycles. The van der Waals surface area contributed by atoms with Gasteiger partial charge in [0.1, 0.15) is 11.4 Å². The maximum atomic E-state index is 12.9. The summed E-state index contributed by atoms with van der Waals surface area (Å²) < 4.78 is 55.0. The predicted octanol–water partition coefficient (Wildman–Crippen LogP) is 3.09. The van der Waals surface area contributed by atoms with Crippen molar-refractivity contribution in [3.8, 4) is 0 Å². The monoisotopic (exact) mass is 220 g/mol. The highest BCUT2D eigenvalue weighted by molar-refractivity contribution is 5.33. The maximum Gasteiger partial charge on any atom is 0.419 e. The molecule has 1 aliphatic rings. The minimum absolute atomic E-state index is 0.358. The molecule has 1 nitrogen and oxygen atoms in total. The Balaban J connectivity index is 2.46. The molecular weight excluding hydrogens is 212 g/mol. The fourth-order valence-corrected chi connectivity index (χ4v) is 1.35. The Morgan fingerprint density at radius 2 is 1.93 bits per heavy atom. The highest BCUT2D eigenvalue weighted by Gasteiger charge is 2.43. The van der Waals surface area contributed by atoms with Crippen LogP contribution in [-0.4, -0.2) is 6.61 Å². The van der Waals surface area contributed by atoms with E-state index < -0.39 is 23.2 Å². The van der Waals surface area contributed by atoms with E-state index in [4.69, 9.17) is 4.74 Å². The normalized spacial score (nSPS) is 25.4. The van der Waals surface area contributed by atoms with Gasteiger partial charge in [-0.05, 0) is 24.6 Å². The average Bonchev–Trinajstić information content (AvgIpc) is 2.83. The summed E-state index contributed by atoms with van der Waals surface area (Å²) in [7, 11) is 0. The van der Waals surface area contributed by atoms with Crippen molar-refractivity contribution < 1.29 is 22.3 Å². The number of alkyl halides is 3. The molecule has 1 saturated heterocycles. The van der Waals surface area contributed by atoms with Crippen molar-refractivity contribution >= 4 is 0 Å². The average molecular weight is 220 g/mol. The summed E-state index contributed by atoms with van der Waals surface area (Å²) in [6, 6.07) is 2.95. The van der Waals surface area contributed by atoms with Crippen LogP contribution in [0, 0.1) is 5.82 Å². The molecule has 1 fully saturated rings. The highest BCUT2D eigenvalue weighted by Crippen LogP contribution is 2.41. The van der Waals surface area contributed by atoms with E-state index in [1.165, 1.54) is 6.07 Å². The molecule has 2 rings (SSSR count). The second kappa shape index (κ2) is 2.95. The Bertz CT molecular complexity index is 393. The van der Waals surface area contributed by atoms with Crippen LogP contribution < -0.4 is 0 Å². The molecule has 1 aromatic rings. The Kier molecular flexibility index (Phi) is 2.05. The van der Waals surface area contributed by atoms with Gasteiger partial charge in [-0.25, -0.2) is 4.39 Å². The Morgan fingerprint density at radius 3 is 2.40 bits per heavy atom. The van der Waals surface area contributed by atoms with Crippen LogP contribution in [0.4, 0.5) is 17.6 Å². The number of hydrogen-bond donors (Lipinski definition) is 0. The van der Waals surface area contributed by atoms with E-state index >= 15 is 0 Å². The lowest BCUT2D eigenvalue weighted by molar-refractivity contribution is -0.140. The fraction of sp³-hybridized carbons (Fsp3) is 0.400. The van der Waals surface area contributed by atoms with Crippen LogP contribution in [0.5, 0.6) is 0 Å². The molecule has 0 aliphatic carbocycles. The fourth-order valence-electron chi connectivity index (χ4n) is 1.35. The van der Waals surface area contributed by atoms with Crippen LogP contribution in [0.3, 0.4) is 0 Å². The van der Waals surface area contributed by atoms with Crippen LogP contribution in [0.15, 0.2) is 18.2 Å². The molecule has 0 spiro atoms. The third-order valence-corrected chi connectivity index (χ3v) is 2.46. The Morgan fingerprint density at radius 1 is 1.33 bits per heavy atom. The molecule has 1 heterocycles. The molecule has 82 valence electrons. The van der Waals surface area contributed by atoms with Crippen molar-refractivity contribution in [2.45, 2.75) is 18.7 Å². The van der Waals surface area contributed by atoms with Crippen molar-refractivity contribution in [2.24, 2.45) is 0 Å². The van der Waals surface area contributed by atoms with Crippen LogP contribution in [0.2, 0.25) is 0 Å². The lowest BCUT2D eigenvalue weighted by atomic mass is 9.99. The summed E-state index contributed by atoms with van der Waals surface area (Å²) in [5.41, 5.74) is -1.55. The second-order valence-corrected chi connectivity index (χ2v) is 3.71. The van der Waals surface area contributed by atoms with Gasteiger partial charge < -0.3 is 4.74 Å². The zero-order chi connectivity index (χ0) is 11.3. The topological polar surface area (TPSA) is 12.5 Å². The van der Waals surface area contributed by atoms with E-state index in [1.807, 2.05) is 0 Å². The van der Waals surface area contributed by atoms with E-state index in [2.05, 4.69) is 0 Å². The van der Waals surface area contributed by atoms with Crippen LogP contribution in [0.1, 0.15) is 18.1 Å². The van der Waals surface area contributed by atoms with Crippen molar-refractivity contribution in [1.82, 2.24) is 0 Å². The minimum Gasteiger partial charge on any atom is -0.365 e. The summed E-state index contributed by atoms with van der Waals surface area (Å²) in [6.07, 6.45) is -4.66. The third kappa shape index (κ3) is 1.84. The van der Waals surface area contributed by atoms with Crippen molar-refractivity contribution in [3.63, 3.8) is 0 Å². The van der Waals surface area contributed by atoms with Gasteiger partial charge in [-0.15, -0.1) is 0 Å². The Hall–Kier alpha value is -1.10. The van der Waals surface area contributed by atoms with Gasteiger partial charge in [-0.1, -0.05) is 6.07 Å². The number of rotatable bonds is 1. The summed E-state index contributed by atoms with van der Waals surface area (Å²) in [6.45, 7) is 2.04. The first-order valence-corrected chi connectivity index (χ1v) is 4.34. The molecule has 0 amide bonds. The van der Waals surface area contributed by atoms with Crippen LogP contribution >= 0.6 is 0 Å². The van der Waals surface area contributed by atoms with Gasteiger partial charge in [0.2, 0.25) is 0 Å². The van der Waals surface area contributed by atoms with Gasteiger partial charge in [0.25, 0.3) is 0 Å². The van der Waals surface area contributed by atoms with Crippen molar-refractivity contribution in [3.05, 3.63) is 35.1 Å². The summed E-state index contributed by atoms with van der Waals surface area (Å²) >= 11 is 0.